The summed E-state index contributed by atoms with van der Waals surface area (Å²) in [4.78, 5) is 14.3. The Morgan fingerprint density at radius 1 is 1.30 bits per heavy atom. The number of likely N-dealkylation sites (tertiary alicyclic amines) is 1. The Balaban J connectivity index is 1.58. The van der Waals surface area contributed by atoms with E-state index in [1.807, 2.05) is 22.8 Å². The molecule has 0 unspecified atom stereocenters. The lowest BCUT2D eigenvalue weighted by atomic mass is 9.95. The van der Waals surface area contributed by atoms with Crippen molar-refractivity contribution in [3.05, 3.63) is 18.0 Å². The zero-order valence-corrected chi connectivity index (χ0v) is 12.2. The molecular weight excluding hydrogens is 252 g/mol. The highest BCUT2D eigenvalue weighted by Crippen LogP contribution is 2.26. The van der Waals surface area contributed by atoms with Crippen LogP contribution in [-0.2, 0) is 7.05 Å². The minimum absolute atomic E-state index is 0.123. The molecule has 1 aliphatic heterocycles. The quantitative estimate of drug-likeness (QED) is 0.900. The van der Waals surface area contributed by atoms with Gasteiger partial charge in [-0.3, -0.25) is 4.68 Å². The van der Waals surface area contributed by atoms with E-state index in [0.29, 0.717) is 12.0 Å². The zero-order chi connectivity index (χ0) is 13.9. The van der Waals surface area contributed by atoms with Crippen LogP contribution < -0.4 is 5.32 Å². The van der Waals surface area contributed by atoms with Gasteiger partial charge in [0.25, 0.3) is 0 Å². The molecule has 0 radical (unpaired) electrons. The van der Waals surface area contributed by atoms with E-state index in [0.717, 1.165) is 44.5 Å². The van der Waals surface area contributed by atoms with E-state index < -0.39 is 0 Å². The van der Waals surface area contributed by atoms with E-state index in [2.05, 4.69) is 16.5 Å². The van der Waals surface area contributed by atoms with Gasteiger partial charge < -0.3 is 10.2 Å². The Kier molecular flexibility index (Phi) is 3.94. The second-order valence-corrected chi connectivity index (χ2v) is 6.13. The molecule has 5 nitrogen and oxygen atoms in total. The van der Waals surface area contributed by atoms with Gasteiger partial charge >= 0.3 is 6.03 Å². The highest BCUT2D eigenvalue weighted by molar-refractivity contribution is 5.74. The van der Waals surface area contributed by atoms with Crippen molar-refractivity contribution < 1.29 is 4.79 Å². The van der Waals surface area contributed by atoms with E-state index in [1.165, 1.54) is 12.8 Å². The van der Waals surface area contributed by atoms with Crippen molar-refractivity contribution in [3.8, 4) is 0 Å². The Hall–Kier alpha value is -1.52. The molecule has 1 saturated carbocycles. The summed E-state index contributed by atoms with van der Waals surface area (Å²) < 4.78 is 1.84. The lowest BCUT2D eigenvalue weighted by molar-refractivity contribution is 0.175. The van der Waals surface area contributed by atoms with Gasteiger partial charge in [-0.1, -0.05) is 12.8 Å². The van der Waals surface area contributed by atoms with Gasteiger partial charge in [-0.15, -0.1) is 0 Å². The third-order valence-electron chi connectivity index (χ3n) is 4.54. The van der Waals surface area contributed by atoms with Crippen LogP contribution >= 0.6 is 0 Å². The molecule has 1 aromatic heterocycles. The zero-order valence-electron chi connectivity index (χ0n) is 12.2. The van der Waals surface area contributed by atoms with Gasteiger partial charge in [0.15, 0.2) is 0 Å². The lowest BCUT2D eigenvalue weighted by Crippen LogP contribution is -2.47. The van der Waals surface area contributed by atoms with Crippen molar-refractivity contribution in [1.82, 2.24) is 20.0 Å². The molecule has 1 aliphatic carbocycles. The molecule has 1 atom stereocenters. The molecule has 1 saturated heterocycles. The lowest BCUT2D eigenvalue weighted by Gasteiger charge is -2.32. The SMILES string of the molecule is Cn1ccc([C@@H]2CCCN(C(=O)NC3CCCC3)C2)n1. The molecule has 2 fully saturated rings. The maximum absolute atomic E-state index is 12.3. The van der Waals surface area contributed by atoms with Gasteiger partial charge in [0, 0.05) is 38.3 Å². The van der Waals surface area contributed by atoms with Crippen LogP contribution in [0.3, 0.4) is 0 Å². The highest BCUT2D eigenvalue weighted by atomic mass is 16.2. The fourth-order valence-corrected chi connectivity index (χ4v) is 3.39. The Morgan fingerprint density at radius 2 is 2.10 bits per heavy atom. The summed E-state index contributed by atoms with van der Waals surface area (Å²) in [6, 6.07) is 2.60. The normalized spacial score (nSPS) is 24.1. The van der Waals surface area contributed by atoms with Gasteiger partial charge in [-0.05, 0) is 31.7 Å². The summed E-state index contributed by atoms with van der Waals surface area (Å²) >= 11 is 0. The maximum Gasteiger partial charge on any atom is 0.317 e. The fraction of sp³-hybridized carbons (Fsp3) is 0.733. The van der Waals surface area contributed by atoms with Crippen LogP contribution in [0.2, 0.25) is 0 Å². The van der Waals surface area contributed by atoms with E-state index >= 15 is 0 Å². The van der Waals surface area contributed by atoms with Gasteiger partial charge in [-0.2, -0.15) is 5.10 Å². The molecule has 20 heavy (non-hydrogen) atoms. The maximum atomic E-state index is 12.3. The van der Waals surface area contributed by atoms with Crippen molar-refractivity contribution in [1.29, 1.82) is 0 Å². The average Bonchev–Trinajstić information content (AvgIpc) is 3.10. The molecule has 5 heteroatoms. The number of nitrogens with zero attached hydrogens (tertiary/aromatic N) is 3. The molecule has 2 amide bonds. The Bertz CT molecular complexity index is 464. The summed E-state index contributed by atoms with van der Waals surface area (Å²) in [6.07, 6.45) is 8.96. The molecular formula is C15H24N4O. The second kappa shape index (κ2) is 5.85. The van der Waals surface area contributed by atoms with Crippen LogP contribution in [0.1, 0.15) is 50.1 Å². The summed E-state index contributed by atoms with van der Waals surface area (Å²) in [5.74, 6) is 0.388. The summed E-state index contributed by atoms with van der Waals surface area (Å²) in [7, 11) is 1.94. The fourth-order valence-electron chi connectivity index (χ4n) is 3.39. The van der Waals surface area contributed by atoms with Gasteiger partial charge in [0.1, 0.15) is 0 Å². The van der Waals surface area contributed by atoms with Crippen LogP contribution in [0.15, 0.2) is 12.3 Å². The number of hydrogen-bond donors (Lipinski definition) is 1. The van der Waals surface area contributed by atoms with Crippen molar-refractivity contribution in [3.63, 3.8) is 0 Å². The van der Waals surface area contributed by atoms with Crippen LogP contribution in [-0.4, -0.2) is 39.8 Å². The van der Waals surface area contributed by atoms with Gasteiger partial charge in [-0.25, -0.2) is 4.79 Å². The number of aromatic nitrogens is 2. The van der Waals surface area contributed by atoms with Gasteiger partial charge in [0.2, 0.25) is 0 Å². The molecule has 110 valence electrons. The molecule has 1 aromatic rings. The topological polar surface area (TPSA) is 50.2 Å². The van der Waals surface area contributed by atoms with Crippen molar-refractivity contribution >= 4 is 6.03 Å². The Morgan fingerprint density at radius 3 is 2.80 bits per heavy atom. The first-order valence-corrected chi connectivity index (χ1v) is 7.77. The van der Waals surface area contributed by atoms with Crippen molar-refractivity contribution in [2.24, 2.45) is 7.05 Å². The summed E-state index contributed by atoms with van der Waals surface area (Å²) in [5.41, 5.74) is 1.12. The number of rotatable bonds is 2. The van der Waals surface area contributed by atoms with E-state index in [-0.39, 0.29) is 6.03 Å². The number of hydrogen-bond acceptors (Lipinski definition) is 2. The largest absolute Gasteiger partial charge is 0.335 e. The third-order valence-corrected chi connectivity index (χ3v) is 4.54. The Labute approximate surface area is 120 Å². The van der Waals surface area contributed by atoms with Crippen molar-refractivity contribution in [2.45, 2.75) is 50.5 Å². The minimum atomic E-state index is 0.123. The molecule has 0 spiro atoms. The van der Waals surface area contributed by atoms with Gasteiger partial charge in [0.05, 0.1) is 5.69 Å². The number of piperidine rings is 1. The number of carbonyl (C=O) groups excluding carboxylic acids is 1. The van der Waals surface area contributed by atoms with Crippen molar-refractivity contribution in [2.75, 3.05) is 13.1 Å². The van der Waals surface area contributed by atoms with E-state index in [9.17, 15) is 4.79 Å². The van der Waals surface area contributed by atoms with E-state index in [1.54, 1.807) is 0 Å². The summed E-state index contributed by atoms with van der Waals surface area (Å²) in [6.45, 7) is 1.68. The van der Waals surface area contributed by atoms with E-state index in [4.69, 9.17) is 0 Å². The number of aryl methyl sites for hydroxylation is 1. The van der Waals surface area contributed by atoms with Crippen LogP contribution in [0.5, 0.6) is 0 Å². The third kappa shape index (κ3) is 2.97. The molecule has 2 aliphatic rings. The molecule has 1 N–H and O–H groups in total. The number of urea groups is 1. The number of amides is 2. The average molecular weight is 276 g/mol. The molecule has 2 heterocycles. The first-order valence-electron chi connectivity index (χ1n) is 7.77. The standard InChI is InChI=1S/C15H24N4O/c1-18-10-8-14(17-18)12-5-4-9-19(11-12)15(20)16-13-6-2-3-7-13/h8,10,12-13H,2-7,9,11H2,1H3,(H,16,20)/t12-/m1/s1. The number of carbonyl (C=O) groups is 1. The molecule has 3 rings (SSSR count). The second-order valence-electron chi connectivity index (χ2n) is 6.13. The van der Waals surface area contributed by atoms with Crippen LogP contribution in [0.4, 0.5) is 4.79 Å². The molecule has 0 bridgehead atoms. The smallest absolute Gasteiger partial charge is 0.317 e. The first kappa shape index (κ1) is 13.5. The summed E-state index contributed by atoms with van der Waals surface area (Å²) in [5, 5.41) is 7.68. The minimum Gasteiger partial charge on any atom is -0.335 e. The predicted molar refractivity (Wildman–Crippen MR) is 77.5 cm³/mol. The van der Waals surface area contributed by atoms with Crippen LogP contribution in [0, 0.1) is 0 Å². The number of nitrogens with one attached hydrogen (secondary N) is 1. The van der Waals surface area contributed by atoms with Crippen LogP contribution in [0.25, 0.3) is 0 Å². The highest BCUT2D eigenvalue weighted by Gasteiger charge is 2.27. The first-order chi connectivity index (χ1) is 9.72. The monoisotopic (exact) mass is 276 g/mol. The predicted octanol–water partition coefficient (Wildman–Crippen LogP) is 2.25. The molecule has 0 aromatic carbocycles.